The van der Waals surface area contributed by atoms with Crippen LogP contribution in [-0.2, 0) is 0 Å². The van der Waals surface area contributed by atoms with Gasteiger partial charge in [0.2, 0.25) is 0 Å². The maximum absolute atomic E-state index is 11.8. The Morgan fingerprint density at radius 3 is 2.68 bits per heavy atom. The Labute approximate surface area is 113 Å². The van der Waals surface area contributed by atoms with Crippen molar-refractivity contribution in [2.45, 2.75) is 19.3 Å². The molecule has 0 aromatic carbocycles. The number of amides is 1. The molecule has 104 valence electrons. The fourth-order valence-electron chi connectivity index (χ4n) is 2.12. The normalized spacial score (nSPS) is 14.7. The number of hydrogen-bond acceptors (Lipinski definition) is 5. The Morgan fingerprint density at radius 2 is 2.05 bits per heavy atom. The molecular formula is C13H21N5O. The van der Waals surface area contributed by atoms with Gasteiger partial charge in [-0.1, -0.05) is 0 Å². The lowest BCUT2D eigenvalue weighted by molar-refractivity contribution is 0.0947. The van der Waals surface area contributed by atoms with E-state index in [1.54, 1.807) is 6.07 Å². The van der Waals surface area contributed by atoms with Gasteiger partial charge in [0.05, 0.1) is 0 Å². The Balaban J connectivity index is 1.85. The molecule has 2 rings (SSSR count). The van der Waals surface area contributed by atoms with Gasteiger partial charge in [0.15, 0.2) is 11.5 Å². The first-order valence-electron chi connectivity index (χ1n) is 6.83. The highest BCUT2D eigenvalue weighted by Gasteiger charge is 2.15. The van der Waals surface area contributed by atoms with Crippen LogP contribution in [0.2, 0.25) is 0 Å². The van der Waals surface area contributed by atoms with E-state index in [0.717, 1.165) is 31.9 Å². The zero-order valence-corrected chi connectivity index (χ0v) is 11.4. The van der Waals surface area contributed by atoms with Crippen LogP contribution in [-0.4, -0.2) is 49.3 Å². The second-order valence-electron chi connectivity index (χ2n) is 4.68. The number of nitrogens with one attached hydrogen (secondary N) is 2. The lowest BCUT2D eigenvalue weighted by Gasteiger charge is -2.15. The van der Waals surface area contributed by atoms with Crippen LogP contribution >= 0.6 is 0 Å². The van der Waals surface area contributed by atoms with Crippen LogP contribution in [0.3, 0.4) is 0 Å². The molecule has 6 nitrogen and oxygen atoms in total. The Bertz CT molecular complexity index is 400. The summed E-state index contributed by atoms with van der Waals surface area (Å²) in [4.78, 5) is 14.0. The van der Waals surface area contributed by atoms with Crippen molar-refractivity contribution >= 4 is 11.7 Å². The van der Waals surface area contributed by atoms with Crippen LogP contribution in [0.4, 0.5) is 5.82 Å². The topological polar surface area (TPSA) is 70.2 Å². The van der Waals surface area contributed by atoms with Crippen LogP contribution in [0.5, 0.6) is 0 Å². The number of anilines is 1. The summed E-state index contributed by atoms with van der Waals surface area (Å²) in [6.45, 7) is 3.60. The van der Waals surface area contributed by atoms with Crippen LogP contribution < -0.4 is 15.5 Å². The molecule has 2 heterocycles. The number of nitrogens with zero attached hydrogens (tertiary/aromatic N) is 3. The molecule has 1 aliphatic heterocycles. The quantitative estimate of drug-likeness (QED) is 0.728. The number of aromatic nitrogens is 2. The minimum atomic E-state index is -0.156. The Kier molecular flexibility index (Phi) is 5.09. The highest BCUT2D eigenvalue weighted by atomic mass is 16.1. The van der Waals surface area contributed by atoms with Gasteiger partial charge in [0, 0.05) is 19.6 Å². The first kappa shape index (κ1) is 13.7. The average molecular weight is 263 g/mol. The molecule has 19 heavy (non-hydrogen) atoms. The number of rotatable bonds is 6. The van der Waals surface area contributed by atoms with Crippen molar-refractivity contribution in [2.24, 2.45) is 0 Å². The summed E-state index contributed by atoms with van der Waals surface area (Å²) in [5, 5.41) is 14.0. The zero-order valence-electron chi connectivity index (χ0n) is 11.4. The highest BCUT2D eigenvalue weighted by molar-refractivity contribution is 5.92. The molecule has 0 spiro atoms. The average Bonchev–Trinajstić information content (AvgIpc) is 2.98. The fraction of sp³-hybridized carbons (Fsp3) is 0.615. The highest BCUT2D eigenvalue weighted by Crippen LogP contribution is 2.16. The molecule has 0 saturated carbocycles. The summed E-state index contributed by atoms with van der Waals surface area (Å²) in [6.07, 6.45) is 3.31. The Morgan fingerprint density at radius 1 is 1.26 bits per heavy atom. The lowest BCUT2D eigenvalue weighted by Crippen LogP contribution is -2.28. The van der Waals surface area contributed by atoms with E-state index in [9.17, 15) is 4.79 Å². The van der Waals surface area contributed by atoms with Gasteiger partial charge in [-0.05, 0) is 45.0 Å². The predicted octanol–water partition coefficient (Wildman–Crippen LogP) is 0.416. The van der Waals surface area contributed by atoms with Crippen molar-refractivity contribution in [3.05, 3.63) is 17.8 Å². The molecule has 1 amide bonds. The van der Waals surface area contributed by atoms with Crippen LogP contribution in [0, 0.1) is 0 Å². The van der Waals surface area contributed by atoms with Gasteiger partial charge in [-0.15, -0.1) is 10.2 Å². The second-order valence-corrected chi connectivity index (χ2v) is 4.68. The van der Waals surface area contributed by atoms with Crippen molar-refractivity contribution in [3.8, 4) is 0 Å². The molecule has 1 saturated heterocycles. The summed E-state index contributed by atoms with van der Waals surface area (Å²) in [5.41, 5.74) is 0.382. The maximum atomic E-state index is 11.8. The molecule has 0 bridgehead atoms. The molecule has 0 unspecified atom stereocenters. The lowest BCUT2D eigenvalue weighted by atomic mass is 10.3. The number of carbonyl (C=O) groups excluding carboxylic acids is 1. The molecule has 0 atom stereocenters. The SMILES string of the molecule is CNCCCNC(=O)c1ccc(N2CCCC2)nn1. The molecule has 1 aliphatic rings. The number of carbonyl (C=O) groups is 1. The third kappa shape index (κ3) is 3.89. The summed E-state index contributed by atoms with van der Waals surface area (Å²) >= 11 is 0. The summed E-state index contributed by atoms with van der Waals surface area (Å²) in [7, 11) is 1.89. The van der Waals surface area contributed by atoms with Gasteiger partial charge in [-0.25, -0.2) is 0 Å². The van der Waals surface area contributed by atoms with Crippen molar-refractivity contribution < 1.29 is 4.79 Å². The molecule has 0 radical (unpaired) electrons. The predicted molar refractivity (Wildman–Crippen MR) is 74.4 cm³/mol. The molecule has 0 aliphatic carbocycles. The molecule has 1 fully saturated rings. The third-order valence-electron chi connectivity index (χ3n) is 3.20. The van der Waals surface area contributed by atoms with Gasteiger partial charge in [0.25, 0.3) is 5.91 Å². The van der Waals surface area contributed by atoms with E-state index in [-0.39, 0.29) is 5.91 Å². The van der Waals surface area contributed by atoms with E-state index in [2.05, 4.69) is 25.7 Å². The largest absolute Gasteiger partial charge is 0.355 e. The second kappa shape index (κ2) is 7.04. The van der Waals surface area contributed by atoms with Gasteiger partial charge in [-0.2, -0.15) is 0 Å². The Hall–Kier alpha value is -1.69. The van der Waals surface area contributed by atoms with Gasteiger partial charge >= 0.3 is 0 Å². The minimum Gasteiger partial charge on any atom is -0.355 e. The van der Waals surface area contributed by atoms with Crippen LogP contribution in [0.25, 0.3) is 0 Å². The molecular weight excluding hydrogens is 242 g/mol. The molecule has 1 aromatic rings. The standard InChI is InChI=1S/C13H21N5O/c1-14-7-4-8-15-13(19)11-5-6-12(17-16-11)18-9-2-3-10-18/h5-6,14H,2-4,7-10H2,1H3,(H,15,19). The molecule has 1 aromatic heterocycles. The zero-order chi connectivity index (χ0) is 13.5. The van der Waals surface area contributed by atoms with E-state index in [1.807, 2.05) is 13.1 Å². The van der Waals surface area contributed by atoms with Crippen molar-refractivity contribution in [3.63, 3.8) is 0 Å². The van der Waals surface area contributed by atoms with Crippen molar-refractivity contribution in [1.82, 2.24) is 20.8 Å². The third-order valence-corrected chi connectivity index (χ3v) is 3.20. The summed E-state index contributed by atoms with van der Waals surface area (Å²) < 4.78 is 0. The van der Waals surface area contributed by atoms with Crippen molar-refractivity contribution in [2.75, 3.05) is 38.1 Å². The summed E-state index contributed by atoms with van der Waals surface area (Å²) in [6, 6.07) is 3.62. The van der Waals surface area contributed by atoms with Crippen LogP contribution in [0.1, 0.15) is 29.8 Å². The smallest absolute Gasteiger partial charge is 0.271 e. The first-order valence-corrected chi connectivity index (χ1v) is 6.83. The van der Waals surface area contributed by atoms with E-state index < -0.39 is 0 Å². The fourth-order valence-corrected chi connectivity index (χ4v) is 2.12. The van der Waals surface area contributed by atoms with E-state index in [4.69, 9.17) is 0 Å². The van der Waals surface area contributed by atoms with Crippen molar-refractivity contribution in [1.29, 1.82) is 0 Å². The maximum Gasteiger partial charge on any atom is 0.271 e. The van der Waals surface area contributed by atoms with E-state index >= 15 is 0 Å². The number of hydrogen-bond donors (Lipinski definition) is 2. The van der Waals surface area contributed by atoms with E-state index in [1.165, 1.54) is 12.8 Å². The molecule has 2 N–H and O–H groups in total. The monoisotopic (exact) mass is 263 g/mol. The molecule has 6 heteroatoms. The van der Waals surface area contributed by atoms with Gasteiger partial charge in [0.1, 0.15) is 0 Å². The van der Waals surface area contributed by atoms with Gasteiger partial charge < -0.3 is 15.5 Å². The first-order chi connectivity index (χ1) is 9.31. The minimum absolute atomic E-state index is 0.156. The van der Waals surface area contributed by atoms with E-state index in [0.29, 0.717) is 12.2 Å². The van der Waals surface area contributed by atoms with Crippen LogP contribution in [0.15, 0.2) is 12.1 Å². The van der Waals surface area contributed by atoms with Gasteiger partial charge in [-0.3, -0.25) is 4.79 Å². The summed E-state index contributed by atoms with van der Waals surface area (Å²) in [5.74, 6) is 0.709.